The van der Waals surface area contributed by atoms with Crippen LogP contribution in [0, 0.1) is 0 Å². The summed E-state index contributed by atoms with van der Waals surface area (Å²) in [5.41, 5.74) is 0.232. The van der Waals surface area contributed by atoms with Gasteiger partial charge in [-0.1, -0.05) is 19.3 Å². The van der Waals surface area contributed by atoms with Crippen LogP contribution in [-0.4, -0.2) is 49.8 Å². The first kappa shape index (κ1) is 15.3. The fourth-order valence-corrected chi connectivity index (χ4v) is 3.65. The molecule has 1 saturated heterocycles. The number of hydrogen-bond donors (Lipinski definition) is 1. The molecular formula is C16H32N2O. The van der Waals surface area contributed by atoms with Gasteiger partial charge in [0.1, 0.15) is 0 Å². The summed E-state index contributed by atoms with van der Waals surface area (Å²) in [6, 6.07) is 1.29. The summed E-state index contributed by atoms with van der Waals surface area (Å²) in [5, 5.41) is 3.84. The summed E-state index contributed by atoms with van der Waals surface area (Å²) >= 11 is 0. The van der Waals surface area contributed by atoms with Crippen LogP contribution in [0.2, 0.25) is 0 Å². The maximum absolute atomic E-state index is 6.17. The molecule has 3 nitrogen and oxygen atoms in total. The molecule has 0 aromatic carbocycles. The molecule has 0 amide bonds. The van der Waals surface area contributed by atoms with Crippen molar-refractivity contribution in [2.75, 3.05) is 27.2 Å². The van der Waals surface area contributed by atoms with Crippen LogP contribution in [0.15, 0.2) is 0 Å². The highest BCUT2D eigenvalue weighted by molar-refractivity contribution is 4.92. The van der Waals surface area contributed by atoms with Crippen LogP contribution < -0.4 is 5.32 Å². The zero-order valence-corrected chi connectivity index (χ0v) is 13.1. The van der Waals surface area contributed by atoms with E-state index in [1.165, 1.54) is 57.9 Å². The highest BCUT2D eigenvalue weighted by Crippen LogP contribution is 2.38. The van der Waals surface area contributed by atoms with E-state index in [1.807, 2.05) is 0 Å². The maximum Gasteiger partial charge on any atom is 0.0697 e. The predicted molar refractivity (Wildman–Crippen MR) is 80.6 cm³/mol. The molecule has 19 heavy (non-hydrogen) atoms. The van der Waals surface area contributed by atoms with Crippen molar-refractivity contribution < 1.29 is 4.74 Å². The Hall–Kier alpha value is -0.120. The lowest BCUT2D eigenvalue weighted by Crippen LogP contribution is -2.50. The summed E-state index contributed by atoms with van der Waals surface area (Å²) in [7, 11) is 4.30. The first-order valence-corrected chi connectivity index (χ1v) is 8.14. The fourth-order valence-electron chi connectivity index (χ4n) is 3.65. The highest BCUT2D eigenvalue weighted by atomic mass is 16.5. The van der Waals surface area contributed by atoms with E-state index in [0.29, 0.717) is 12.1 Å². The van der Waals surface area contributed by atoms with Gasteiger partial charge in [0.05, 0.1) is 5.60 Å². The maximum atomic E-state index is 6.17. The monoisotopic (exact) mass is 268 g/mol. The average molecular weight is 268 g/mol. The van der Waals surface area contributed by atoms with E-state index in [-0.39, 0.29) is 5.60 Å². The third-order valence-electron chi connectivity index (χ3n) is 4.79. The molecule has 1 saturated carbocycles. The van der Waals surface area contributed by atoms with Crippen LogP contribution in [0.25, 0.3) is 0 Å². The molecule has 3 heteroatoms. The molecular weight excluding hydrogens is 236 g/mol. The molecule has 1 spiro atoms. The summed E-state index contributed by atoms with van der Waals surface area (Å²) in [4.78, 5) is 2.27. The van der Waals surface area contributed by atoms with Crippen LogP contribution in [0.4, 0.5) is 0 Å². The molecule has 1 heterocycles. The van der Waals surface area contributed by atoms with E-state index in [4.69, 9.17) is 4.74 Å². The second kappa shape index (κ2) is 7.05. The molecule has 112 valence electrons. The van der Waals surface area contributed by atoms with Crippen LogP contribution in [0.5, 0.6) is 0 Å². The van der Waals surface area contributed by atoms with Crippen LogP contribution in [0.3, 0.4) is 0 Å². The molecule has 0 bridgehead atoms. The van der Waals surface area contributed by atoms with Gasteiger partial charge in [-0.3, -0.25) is 0 Å². The number of nitrogens with zero attached hydrogens (tertiary/aromatic N) is 1. The Bertz CT molecular complexity index is 256. The molecule has 1 N–H and O–H groups in total. The number of rotatable bonds is 5. The average Bonchev–Trinajstić information content (AvgIpc) is 2.37. The zero-order valence-electron chi connectivity index (χ0n) is 13.1. The van der Waals surface area contributed by atoms with Gasteiger partial charge in [0, 0.05) is 18.7 Å². The van der Waals surface area contributed by atoms with Crippen LogP contribution >= 0.6 is 0 Å². The summed E-state index contributed by atoms with van der Waals surface area (Å²) in [6.07, 6.45) is 10.4. The molecule has 2 atom stereocenters. The zero-order chi connectivity index (χ0) is 13.7. The van der Waals surface area contributed by atoms with E-state index >= 15 is 0 Å². The first-order chi connectivity index (χ1) is 9.10. The van der Waals surface area contributed by atoms with Gasteiger partial charge in [-0.15, -0.1) is 0 Å². The second-order valence-corrected chi connectivity index (χ2v) is 6.94. The molecule has 2 fully saturated rings. The highest BCUT2D eigenvalue weighted by Gasteiger charge is 2.38. The topological polar surface area (TPSA) is 24.5 Å². The number of ether oxygens (including phenoxy) is 1. The molecule has 2 rings (SSSR count). The Morgan fingerprint density at radius 3 is 2.68 bits per heavy atom. The van der Waals surface area contributed by atoms with Gasteiger partial charge in [-0.05, 0) is 59.7 Å². The number of nitrogens with one attached hydrogen (secondary N) is 1. The lowest BCUT2D eigenvalue weighted by Gasteiger charge is -2.44. The van der Waals surface area contributed by atoms with Gasteiger partial charge in [0.25, 0.3) is 0 Å². The third-order valence-corrected chi connectivity index (χ3v) is 4.79. The van der Waals surface area contributed by atoms with E-state index in [9.17, 15) is 0 Å². The van der Waals surface area contributed by atoms with Gasteiger partial charge in [-0.2, -0.15) is 0 Å². The van der Waals surface area contributed by atoms with Crippen molar-refractivity contribution >= 4 is 0 Å². The van der Waals surface area contributed by atoms with E-state index in [1.54, 1.807) is 0 Å². The molecule has 0 aromatic heterocycles. The Labute approximate surface area is 119 Å². The fraction of sp³-hybridized carbons (Fsp3) is 1.00. The van der Waals surface area contributed by atoms with E-state index in [0.717, 1.165) is 6.61 Å². The standard InChI is InChI=1S/C16H32N2O/c1-14(7-11-18(2)3)17-15-8-12-19-16(13-15)9-5-4-6-10-16/h14-15,17H,4-13H2,1-3H3. The Morgan fingerprint density at radius 2 is 2.00 bits per heavy atom. The van der Waals surface area contributed by atoms with Gasteiger partial charge < -0.3 is 15.0 Å². The van der Waals surface area contributed by atoms with Gasteiger partial charge in [0.15, 0.2) is 0 Å². The van der Waals surface area contributed by atoms with E-state index < -0.39 is 0 Å². The van der Waals surface area contributed by atoms with Crippen molar-refractivity contribution in [3.05, 3.63) is 0 Å². The lowest BCUT2D eigenvalue weighted by molar-refractivity contribution is -0.110. The van der Waals surface area contributed by atoms with Crippen molar-refractivity contribution in [2.45, 2.75) is 76.0 Å². The Balaban J connectivity index is 1.77. The summed E-state index contributed by atoms with van der Waals surface area (Å²) < 4.78 is 6.17. The Kier molecular flexibility index (Phi) is 5.67. The Morgan fingerprint density at radius 1 is 1.26 bits per heavy atom. The normalized spacial score (nSPS) is 28.7. The molecule has 2 aliphatic rings. The van der Waals surface area contributed by atoms with Crippen molar-refractivity contribution in [1.29, 1.82) is 0 Å². The minimum absolute atomic E-state index is 0.232. The third kappa shape index (κ3) is 4.73. The molecule has 1 aliphatic carbocycles. The largest absolute Gasteiger partial charge is 0.375 e. The lowest BCUT2D eigenvalue weighted by atomic mass is 9.78. The molecule has 2 unspecified atom stereocenters. The number of hydrogen-bond acceptors (Lipinski definition) is 3. The van der Waals surface area contributed by atoms with Gasteiger partial charge in [0.2, 0.25) is 0 Å². The van der Waals surface area contributed by atoms with Crippen LogP contribution in [0.1, 0.15) is 58.3 Å². The smallest absolute Gasteiger partial charge is 0.0697 e. The second-order valence-electron chi connectivity index (χ2n) is 6.94. The molecule has 1 aliphatic heterocycles. The minimum atomic E-state index is 0.232. The predicted octanol–water partition coefficient (Wildman–Crippen LogP) is 2.80. The quantitative estimate of drug-likeness (QED) is 0.830. The van der Waals surface area contributed by atoms with Gasteiger partial charge in [-0.25, -0.2) is 0 Å². The van der Waals surface area contributed by atoms with Crippen molar-refractivity contribution in [2.24, 2.45) is 0 Å². The summed E-state index contributed by atoms with van der Waals surface area (Å²) in [6.45, 7) is 4.45. The van der Waals surface area contributed by atoms with E-state index in [2.05, 4.69) is 31.2 Å². The van der Waals surface area contributed by atoms with Crippen molar-refractivity contribution in [3.63, 3.8) is 0 Å². The molecule has 0 radical (unpaired) electrons. The SMILES string of the molecule is CC(CCN(C)C)NC1CCOC2(CCCCC2)C1. The van der Waals surface area contributed by atoms with Gasteiger partial charge >= 0.3 is 0 Å². The minimum Gasteiger partial charge on any atom is -0.375 e. The molecule has 0 aromatic rings. The summed E-state index contributed by atoms with van der Waals surface area (Å²) in [5.74, 6) is 0. The first-order valence-electron chi connectivity index (χ1n) is 8.14. The van der Waals surface area contributed by atoms with Crippen molar-refractivity contribution in [3.8, 4) is 0 Å². The van der Waals surface area contributed by atoms with Crippen molar-refractivity contribution in [1.82, 2.24) is 10.2 Å². The van der Waals surface area contributed by atoms with Crippen LogP contribution in [-0.2, 0) is 4.74 Å².